The van der Waals surface area contributed by atoms with E-state index in [0.717, 1.165) is 24.9 Å². The first kappa shape index (κ1) is 13.8. The summed E-state index contributed by atoms with van der Waals surface area (Å²) in [5.74, 6) is 1.54. The summed E-state index contributed by atoms with van der Waals surface area (Å²) in [7, 11) is 0. The molecule has 0 atom stereocenters. The topological polar surface area (TPSA) is 49.6 Å². The molecule has 2 N–H and O–H groups in total. The number of hydrogen-bond acceptors (Lipinski definition) is 3. The second kappa shape index (κ2) is 6.53. The van der Waals surface area contributed by atoms with Gasteiger partial charge in [-0.25, -0.2) is 0 Å². The summed E-state index contributed by atoms with van der Waals surface area (Å²) in [6.45, 7) is 8.70. The summed E-state index contributed by atoms with van der Waals surface area (Å²) in [6, 6.07) is 0. The molecule has 2 rings (SSSR count). The number of piperidine rings is 2. The lowest BCUT2D eigenvalue weighted by Crippen LogP contribution is -2.43. The van der Waals surface area contributed by atoms with Crippen molar-refractivity contribution in [3.8, 4) is 0 Å². The van der Waals surface area contributed by atoms with E-state index in [1.54, 1.807) is 0 Å². The number of hydrogen-bond donors (Lipinski definition) is 1. The number of amides is 1. The normalized spacial score (nSPS) is 25.4. The third-order valence-electron chi connectivity index (χ3n) is 4.48. The first-order chi connectivity index (χ1) is 8.63. The fraction of sp³-hybridized carbons (Fsp3) is 0.929. The van der Waals surface area contributed by atoms with Gasteiger partial charge in [0.15, 0.2) is 0 Å². The Morgan fingerprint density at radius 2 is 1.61 bits per heavy atom. The van der Waals surface area contributed by atoms with Crippen LogP contribution in [-0.4, -0.2) is 55.0 Å². The first-order valence-corrected chi connectivity index (χ1v) is 7.36. The van der Waals surface area contributed by atoms with Crippen molar-refractivity contribution in [3.05, 3.63) is 0 Å². The highest BCUT2D eigenvalue weighted by atomic mass is 16.1. The summed E-state index contributed by atoms with van der Waals surface area (Å²) in [5, 5.41) is 0. The molecule has 2 aliphatic heterocycles. The third-order valence-corrected chi connectivity index (χ3v) is 4.48. The van der Waals surface area contributed by atoms with E-state index in [4.69, 9.17) is 5.73 Å². The SMILES string of the molecule is CC1CCN(CC2CCN(CC(N)=O)CC2)CC1. The molecule has 2 saturated heterocycles. The Balaban J connectivity index is 1.65. The van der Waals surface area contributed by atoms with Crippen LogP contribution >= 0.6 is 0 Å². The number of primary amides is 1. The Hall–Kier alpha value is -0.610. The number of rotatable bonds is 4. The fourth-order valence-electron chi connectivity index (χ4n) is 3.16. The van der Waals surface area contributed by atoms with Crippen LogP contribution in [0.1, 0.15) is 32.6 Å². The van der Waals surface area contributed by atoms with Crippen molar-refractivity contribution in [2.45, 2.75) is 32.6 Å². The molecule has 0 radical (unpaired) electrons. The molecule has 0 unspecified atom stereocenters. The Labute approximate surface area is 110 Å². The van der Waals surface area contributed by atoms with Crippen LogP contribution < -0.4 is 5.73 Å². The summed E-state index contributed by atoms with van der Waals surface area (Å²) in [6.07, 6.45) is 5.17. The minimum absolute atomic E-state index is 0.196. The number of nitrogens with zero attached hydrogens (tertiary/aromatic N) is 2. The van der Waals surface area contributed by atoms with Gasteiger partial charge in [0.2, 0.25) is 5.91 Å². The lowest BCUT2D eigenvalue weighted by atomic mass is 9.93. The van der Waals surface area contributed by atoms with Gasteiger partial charge in [-0.2, -0.15) is 0 Å². The molecule has 4 nitrogen and oxygen atoms in total. The predicted octanol–water partition coefficient (Wildman–Crippen LogP) is 0.916. The van der Waals surface area contributed by atoms with Crippen LogP contribution in [0.3, 0.4) is 0 Å². The monoisotopic (exact) mass is 253 g/mol. The van der Waals surface area contributed by atoms with Crippen LogP contribution in [0, 0.1) is 11.8 Å². The molecule has 0 aromatic rings. The highest BCUT2D eigenvalue weighted by molar-refractivity contribution is 5.75. The average molecular weight is 253 g/mol. The van der Waals surface area contributed by atoms with E-state index in [9.17, 15) is 4.79 Å². The quantitative estimate of drug-likeness (QED) is 0.810. The van der Waals surface area contributed by atoms with Crippen molar-refractivity contribution in [1.29, 1.82) is 0 Å². The minimum Gasteiger partial charge on any atom is -0.369 e. The number of carbonyl (C=O) groups is 1. The van der Waals surface area contributed by atoms with Gasteiger partial charge in [-0.3, -0.25) is 9.69 Å². The molecule has 0 bridgehead atoms. The molecular weight excluding hydrogens is 226 g/mol. The second-order valence-corrected chi connectivity index (χ2v) is 6.17. The molecule has 104 valence electrons. The Morgan fingerprint density at radius 3 is 2.17 bits per heavy atom. The molecule has 0 saturated carbocycles. The molecule has 0 aromatic heterocycles. The summed E-state index contributed by atoms with van der Waals surface area (Å²) in [5.41, 5.74) is 5.23. The summed E-state index contributed by atoms with van der Waals surface area (Å²) in [4.78, 5) is 15.7. The second-order valence-electron chi connectivity index (χ2n) is 6.17. The van der Waals surface area contributed by atoms with E-state index in [1.165, 1.54) is 45.3 Å². The number of nitrogens with two attached hydrogens (primary N) is 1. The first-order valence-electron chi connectivity index (χ1n) is 7.36. The molecular formula is C14H27N3O. The molecule has 18 heavy (non-hydrogen) atoms. The smallest absolute Gasteiger partial charge is 0.231 e. The van der Waals surface area contributed by atoms with Crippen molar-refractivity contribution in [3.63, 3.8) is 0 Å². The Kier molecular flexibility index (Phi) is 5.01. The molecule has 0 aliphatic carbocycles. The zero-order chi connectivity index (χ0) is 13.0. The molecule has 1 amide bonds. The van der Waals surface area contributed by atoms with Gasteiger partial charge >= 0.3 is 0 Å². The fourth-order valence-corrected chi connectivity index (χ4v) is 3.16. The number of carbonyl (C=O) groups excluding carboxylic acids is 1. The van der Waals surface area contributed by atoms with Gasteiger partial charge in [-0.05, 0) is 63.7 Å². The van der Waals surface area contributed by atoms with E-state index in [2.05, 4.69) is 16.7 Å². The standard InChI is InChI=1S/C14H27N3O/c1-12-2-6-16(7-3-12)10-13-4-8-17(9-5-13)11-14(15)18/h12-13H,2-11H2,1H3,(H2,15,18). The van der Waals surface area contributed by atoms with Crippen LogP contribution in [0.4, 0.5) is 0 Å². The zero-order valence-electron chi connectivity index (χ0n) is 11.6. The van der Waals surface area contributed by atoms with Crippen LogP contribution in [0.5, 0.6) is 0 Å². The van der Waals surface area contributed by atoms with Crippen LogP contribution in [-0.2, 0) is 4.79 Å². The molecule has 2 aliphatic rings. The highest BCUT2D eigenvalue weighted by Crippen LogP contribution is 2.22. The van der Waals surface area contributed by atoms with E-state index in [0.29, 0.717) is 6.54 Å². The van der Waals surface area contributed by atoms with Crippen molar-refractivity contribution >= 4 is 5.91 Å². The van der Waals surface area contributed by atoms with E-state index >= 15 is 0 Å². The Bertz CT molecular complexity index is 266. The van der Waals surface area contributed by atoms with Crippen molar-refractivity contribution < 1.29 is 4.79 Å². The summed E-state index contributed by atoms with van der Waals surface area (Å²) < 4.78 is 0. The van der Waals surface area contributed by atoms with Gasteiger partial charge < -0.3 is 10.6 Å². The maximum absolute atomic E-state index is 10.9. The van der Waals surface area contributed by atoms with Gasteiger partial charge in [0.25, 0.3) is 0 Å². The van der Waals surface area contributed by atoms with Crippen LogP contribution in [0.2, 0.25) is 0 Å². The van der Waals surface area contributed by atoms with Gasteiger partial charge in [0.05, 0.1) is 6.54 Å². The Morgan fingerprint density at radius 1 is 1.06 bits per heavy atom. The largest absolute Gasteiger partial charge is 0.369 e. The average Bonchev–Trinajstić information content (AvgIpc) is 2.34. The van der Waals surface area contributed by atoms with Crippen molar-refractivity contribution in [2.75, 3.05) is 39.3 Å². The molecule has 0 spiro atoms. The van der Waals surface area contributed by atoms with E-state index < -0.39 is 0 Å². The predicted molar refractivity (Wildman–Crippen MR) is 73.2 cm³/mol. The molecule has 0 aromatic carbocycles. The third kappa shape index (κ3) is 4.25. The number of likely N-dealkylation sites (tertiary alicyclic amines) is 2. The molecule has 2 heterocycles. The lowest BCUT2D eigenvalue weighted by molar-refractivity contribution is -0.119. The van der Waals surface area contributed by atoms with Gasteiger partial charge in [0.1, 0.15) is 0 Å². The lowest BCUT2D eigenvalue weighted by Gasteiger charge is -2.36. The molecule has 4 heteroatoms. The van der Waals surface area contributed by atoms with Gasteiger partial charge in [-0.15, -0.1) is 0 Å². The maximum Gasteiger partial charge on any atom is 0.231 e. The zero-order valence-corrected chi connectivity index (χ0v) is 11.6. The summed E-state index contributed by atoms with van der Waals surface area (Å²) >= 11 is 0. The van der Waals surface area contributed by atoms with Gasteiger partial charge in [0, 0.05) is 6.54 Å². The van der Waals surface area contributed by atoms with Crippen LogP contribution in [0.25, 0.3) is 0 Å². The van der Waals surface area contributed by atoms with Gasteiger partial charge in [-0.1, -0.05) is 6.92 Å². The van der Waals surface area contributed by atoms with Crippen molar-refractivity contribution in [2.24, 2.45) is 17.6 Å². The minimum atomic E-state index is -0.196. The highest BCUT2D eigenvalue weighted by Gasteiger charge is 2.23. The maximum atomic E-state index is 10.9. The molecule has 2 fully saturated rings. The van der Waals surface area contributed by atoms with E-state index in [1.807, 2.05) is 0 Å². The van der Waals surface area contributed by atoms with Crippen molar-refractivity contribution in [1.82, 2.24) is 9.80 Å². The van der Waals surface area contributed by atoms with E-state index in [-0.39, 0.29) is 5.91 Å². The van der Waals surface area contributed by atoms with Crippen LogP contribution in [0.15, 0.2) is 0 Å².